The lowest BCUT2D eigenvalue weighted by Gasteiger charge is -2.33. The lowest BCUT2D eigenvalue weighted by Crippen LogP contribution is -2.34. The molecule has 0 bridgehead atoms. The van der Waals surface area contributed by atoms with Crippen LogP contribution < -0.4 is 4.90 Å². The van der Waals surface area contributed by atoms with Gasteiger partial charge in [-0.3, -0.25) is 0 Å². The Kier molecular flexibility index (Phi) is 5.04. The molecule has 0 spiro atoms. The predicted molar refractivity (Wildman–Crippen MR) is 83.1 cm³/mol. The van der Waals surface area contributed by atoms with Crippen LogP contribution in [0.15, 0.2) is 60.7 Å². The van der Waals surface area contributed by atoms with Gasteiger partial charge in [0.1, 0.15) is 6.23 Å². The first-order chi connectivity index (χ1) is 9.18. The molecule has 2 aromatic rings. The highest BCUT2D eigenvalue weighted by Crippen LogP contribution is 2.27. The number of benzene rings is 2. The van der Waals surface area contributed by atoms with Gasteiger partial charge in [-0.15, -0.1) is 0 Å². The zero-order valence-corrected chi connectivity index (χ0v) is 12.9. The van der Waals surface area contributed by atoms with Crippen molar-refractivity contribution in [1.29, 1.82) is 0 Å². The molecule has 98 valence electrons. The van der Waals surface area contributed by atoms with Gasteiger partial charge in [-0.25, -0.2) is 0 Å². The maximum absolute atomic E-state index is 6.09. The summed E-state index contributed by atoms with van der Waals surface area (Å²) in [5.74, 6) is 4.40. The zero-order valence-electron chi connectivity index (χ0n) is 11.8. The minimum absolute atomic E-state index is 0.0523. The molecule has 0 saturated heterocycles. The number of hydrogen-bond acceptors (Lipinski definition) is 2. The van der Waals surface area contributed by atoms with Gasteiger partial charge in [-0.1, -0.05) is 48.0 Å². The Balaban J connectivity index is 2.34. The normalized spacial score (nSPS) is 11.9. The van der Waals surface area contributed by atoms with Gasteiger partial charge in [-0.05, 0) is 31.2 Å². The Morgan fingerprint density at radius 1 is 0.842 bits per heavy atom. The monoisotopic (exact) mass is 269 g/mol. The third-order valence-corrected chi connectivity index (χ3v) is 3.84. The van der Waals surface area contributed by atoms with Crippen molar-refractivity contribution >= 4 is 25.9 Å². The first kappa shape index (κ1) is 14.1. The van der Waals surface area contributed by atoms with E-state index in [2.05, 4.69) is 71.9 Å². The molecule has 0 aliphatic rings. The number of rotatable bonds is 5. The predicted octanol–water partition coefficient (Wildman–Crippen LogP) is 4.44. The molecule has 2 rings (SSSR count). The number of anilines is 2. The smallest absolute Gasteiger partial charge is 0.455 e. The van der Waals surface area contributed by atoms with Crippen LogP contribution in [-0.2, 0) is 3.79 Å². The average Bonchev–Trinajstić information content (AvgIpc) is 2.40. The standard InChI is InChI=1S/C14H14NO.2CH3.Al/c1-12(16)15(13-8-4-2-5-9-13)14-10-6-3-7-11-14;;;/h2-12H,1H3;2*1H3;/q-1;;;+1. The van der Waals surface area contributed by atoms with Crippen LogP contribution in [0.4, 0.5) is 11.4 Å². The first-order valence-corrected chi connectivity index (χ1v) is 9.51. The lowest BCUT2D eigenvalue weighted by molar-refractivity contribution is 0.232. The third-order valence-electron chi connectivity index (χ3n) is 2.90. The number of hydrogen-bond donors (Lipinski definition) is 0. The fourth-order valence-electron chi connectivity index (χ4n) is 2.20. The molecule has 0 N–H and O–H groups in total. The molecule has 0 heterocycles. The summed E-state index contributed by atoms with van der Waals surface area (Å²) in [5, 5.41) is 0. The van der Waals surface area contributed by atoms with Crippen molar-refractivity contribution in [2.24, 2.45) is 0 Å². The molecule has 1 atom stereocenters. The largest absolute Gasteiger partial charge is 0.483 e. The Labute approximate surface area is 120 Å². The van der Waals surface area contributed by atoms with E-state index in [1.54, 1.807) is 0 Å². The molecule has 0 amide bonds. The second-order valence-corrected chi connectivity index (χ2v) is 7.19. The second kappa shape index (κ2) is 6.77. The summed E-state index contributed by atoms with van der Waals surface area (Å²) >= 11 is -1.07. The van der Waals surface area contributed by atoms with E-state index in [1.807, 2.05) is 12.1 Å². The van der Waals surface area contributed by atoms with E-state index in [1.165, 1.54) is 0 Å². The van der Waals surface area contributed by atoms with Crippen LogP contribution in [-0.4, -0.2) is 20.7 Å². The Hall–Kier alpha value is -1.27. The Morgan fingerprint density at radius 3 is 1.63 bits per heavy atom. The van der Waals surface area contributed by atoms with Gasteiger partial charge in [0.15, 0.2) is 0 Å². The third kappa shape index (κ3) is 3.85. The van der Waals surface area contributed by atoms with Crippen LogP contribution in [0.25, 0.3) is 0 Å². The van der Waals surface area contributed by atoms with Crippen LogP contribution >= 0.6 is 0 Å². The number of para-hydroxylation sites is 2. The summed E-state index contributed by atoms with van der Waals surface area (Å²) < 4.78 is 6.09. The van der Waals surface area contributed by atoms with Gasteiger partial charge in [-0.2, -0.15) is 0 Å². The van der Waals surface area contributed by atoms with Crippen molar-refractivity contribution in [3.63, 3.8) is 0 Å². The summed E-state index contributed by atoms with van der Waals surface area (Å²) in [5.41, 5.74) is 2.33. The fraction of sp³-hybridized carbons (Fsp3) is 0.250. The van der Waals surface area contributed by atoms with Crippen LogP contribution in [0.1, 0.15) is 6.92 Å². The maximum Gasteiger partial charge on any atom is 0.455 e. The van der Waals surface area contributed by atoms with Gasteiger partial charge in [0.2, 0.25) is 0 Å². The van der Waals surface area contributed by atoms with E-state index in [-0.39, 0.29) is 6.23 Å². The fourth-order valence-corrected chi connectivity index (χ4v) is 3.11. The second-order valence-electron chi connectivity index (χ2n) is 4.83. The zero-order chi connectivity index (χ0) is 13.7. The highest BCUT2D eigenvalue weighted by molar-refractivity contribution is 6.48. The minimum atomic E-state index is -1.07. The quantitative estimate of drug-likeness (QED) is 0.588. The van der Waals surface area contributed by atoms with E-state index >= 15 is 0 Å². The van der Waals surface area contributed by atoms with Crippen LogP contribution in [0.3, 0.4) is 0 Å². The van der Waals surface area contributed by atoms with Crippen molar-refractivity contribution in [3.8, 4) is 0 Å². The van der Waals surface area contributed by atoms with E-state index in [0.29, 0.717) is 0 Å². The molecule has 1 unspecified atom stereocenters. The van der Waals surface area contributed by atoms with Crippen LogP contribution in [0, 0.1) is 0 Å². The van der Waals surface area contributed by atoms with Gasteiger partial charge >= 0.3 is 14.5 Å². The van der Waals surface area contributed by atoms with E-state index in [4.69, 9.17) is 3.79 Å². The molecule has 0 aliphatic carbocycles. The molecule has 19 heavy (non-hydrogen) atoms. The topological polar surface area (TPSA) is 12.5 Å². The minimum Gasteiger partial charge on any atom is -0.483 e. The van der Waals surface area contributed by atoms with Crippen molar-refractivity contribution in [1.82, 2.24) is 0 Å². The number of nitrogens with zero attached hydrogens (tertiary/aromatic N) is 1. The molecule has 0 saturated carbocycles. The van der Waals surface area contributed by atoms with Crippen molar-refractivity contribution in [2.45, 2.75) is 24.7 Å². The lowest BCUT2D eigenvalue weighted by atomic mass is 10.2. The molecule has 2 aromatic carbocycles. The molecule has 0 fully saturated rings. The summed E-state index contributed by atoms with van der Waals surface area (Å²) in [6, 6.07) is 20.8. The summed E-state index contributed by atoms with van der Waals surface area (Å²) in [6.07, 6.45) is 0.0523. The molecular formula is C16H20AlNO. The van der Waals surface area contributed by atoms with Gasteiger partial charge < -0.3 is 8.69 Å². The molecular weight excluding hydrogens is 249 g/mol. The Morgan fingerprint density at radius 2 is 1.26 bits per heavy atom. The van der Waals surface area contributed by atoms with E-state index < -0.39 is 14.5 Å². The maximum atomic E-state index is 6.09. The van der Waals surface area contributed by atoms with Crippen LogP contribution in [0.2, 0.25) is 11.6 Å². The van der Waals surface area contributed by atoms with Crippen molar-refractivity contribution in [2.75, 3.05) is 4.90 Å². The van der Waals surface area contributed by atoms with Gasteiger partial charge in [0.25, 0.3) is 0 Å². The highest BCUT2D eigenvalue weighted by atomic mass is 27.2. The van der Waals surface area contributed by atoms with Crippen LogP contribution in [0.5, 0.6) is 0 Å². The highest BCUT2D eigenvalue weighted by Gasteiger charge is 2.19. The first-order valence-electron chi connectivity index (χ1n) is 6.73. The van der Waals surface area contributed by atoms with Crippen molar-refractivity contribution < 1.29 is 3.79 Å². The molecule has 0 aliphatic heterocycles. The summed E-state index contributed by atoms with van der Waals surface area (Å²) in [6.45, 7) is 2.12. The molecule has 0 radical (unpaired) electrons. The summed E-state index contributed by atoms with van der Waals surface area (Å²) in [7, 11) is 0. The van der Waals surface area contributed by atoms with E-state index in [0.717, 1.165) is 11.4 Å². The molecule has 0 aromatic heterocycles. The van der Waals surface area contributed by atoms with Gasteiger partial charge in [0, 0.05) is 11.4 Å². The Bertz CT molecular complexity index is 447. The SMILES string of the molecule is CC([O][Al]([CH3])[CH3])N(c1ccccc1)c1ccccc1. The average molecular weight is 269 g/mol. The molecule has 3 heteroatoms. The molecule has 2 nitrogen and oxygen atoms in total. The van der Waals surface area contributed by atoms with Gasteiger partial charge in [0.05, 0.1) is 0 Å². The van der Waals surface area contributed by atoms with Crippen molar-refractivity contribution in [3.05, 3.63) is 60.7 Å². The van der Waals surface area contributed by atoms with E-state index in [9.17, 15) is 0 Å². The summed E-state index contributed by atoms with van der Waals surface area (Å²) in [4.78, 5) is 2.24.